The summed E-state index contributed by atoms with van der Waals surface area (Å²) in [5.74, 6) is -0.808. The molecule has 0 spiro atoms. The third-order valence-electron chi connectivity index (χ3n) is 4.66. The van der Waals surface area contributed by atoms with E-state index in [9.17, 15) is 15.0 Å². The molecular formula is C20H19N3O5S. The number of anilines is 3. The minimum absolute atomic E-state index is 0.0954. The van der Waals surface area contributed by atoms with Crippen molar-refractivity contribution in [3.8, 4) is 23.0 Å². The Bertz CT molecular complexity index is 1070. The number of aromatic hydroxyl groups is 2. The number of fused-ring (bicyclic) bond motifs is 1. The van der Waals surface area contributed by atoms with Crippen molar-refractivity contribution in [2.45, 2.75) is 12.3 Å². The van der Waals surface area contributed by atoms with E-state index in [2.05, 4.69) is 15.6 Å². The highest BCUT2D eigenvalue weighted by atomic mass is 32.1. The number of hydrogen-bond acceptors (Lipinski definition) is 8. The molecule has 8 nitrogen and oxygen atoms in total. The summed E-state index contributed by atoms with van der Waals surface area (Å²) in [5, 5.41) is 27.1. The fourth-order valence-electron chi connectivity index (χ4n) is 3.33. The Morgan fingerprint density at radius 3 is 2.62 bits per heavy atom. The van der Waals surface area contributed by atoms with E-state index in [1.807, 2.05) is 30.3 Å². The van der Waals surface area contributed by atoms with Gasteiger partial charge in [0.25, 0.3) is 0 Å². The lowest BCUT2D eigenvalue weighted by Gasteiger charge is -2.24. The molecule has 1 aromatic heterocycles. The molecule has 0 fully saturated rings. The summed E-state index contributed by atoms with van der Waals surface area (Å²) in [6.45, 7) is 0. The van der Waals surface area contributed by atoms with E-state index >= 15 is 0 Å². The van der Waals surface area contributed by atoms with Crippen molar-refractivity contribution in [3.63, 3.8) is 0 Å². The van der Waals surface area contributed by atoms with Crippen LogP contribution in [0.5, 0.6) is 23.0 Å². The summed E-state index contributed by atoms with van der Waals surface area (Å²) in [4.78, 5) is 17.6. The minimum Gasteiger partial charge on any atom is -0.502 e. The van der Waals surface area contributed by atoms with Gasteiger partial charge in [-0.2, -0.15) is 0 Å². The van der Waals surface area contributed by atoms with Crippen LogP contribution in [0.2, 0.25) is 0 Å². The molecule has 29 heavy (non-hydrogen) atoms. The molecule has 1 amide bonds. The van der Waals surface area contributed by atoms with Gasteiger partial charge in [-0.25, -0.2) is 4.98 Å². The average Bonchev–Trinajstić information content (AvgIpc) is 3.12. The number of nitrogens with zero attached hydrogens (tertiary/aromatic N) is 1. The summed E-state index contributed by atoms with van der Waals surface area (Å²) in [6.07, 6.45) is 0.143. The minimum atomic E-state index is -0.429. The number of amides is 1. The second kappa shape index (κ2) is 7.51. The van der Waals surface area contributed by atoms with Gasteiger partial charge in [0.2, 0.25) is 17.4 Å². The van der Waals surface area contributed by atoms with Crippen LogP contribution in [0.4, 0.5) is 16.6 Å². The van der Waals surface area contributed by atoms with Crippen molar-refractivity contribution in [1.29, 1.82) is 0 Å². The number of aromatic nitrogens is 1. The lowest BCUT2D eigenvalue weighted by molar-refractivity contribution is -0.116. The highest BCUT2D eigenvalue weighted by Crippen LogP contribution is 2.52. The smallest absolute Gasteiger partial charge is 0.226 e. The monoisotopic (exact) mass is 413 g/mol. The molecule has 0 saturated carbocycles. The van der Waals surface area contributed by atoms with Crippen molar-refractivity contribution >= 4 is 33.9 Å². The zero-order chi connectivity index (χ0) is 20.5. The topological polar surface area (TPSA) is 113 Å². The van der Waals surface area contributed by atoms with E-state index < -0.39 is 17.4 Å². The molecule has 0 bridgehead atoms. The van der Waals surface area contributed by atoms with Crippen LogP contribution in [0.3, 0.4) is 0 Å². The van der Waals surface area contributed by atoms with E-state index in [1.54, 1.807) is 6.07 Å². The highest BCUT2D eigenvalue weighted by Gasteiger charge is 2.34. The van der Waals surface area contributed by atoms with Gasteiger partial charge >= 0.3 is 0 Å². The number of phenols is 2. The van der Waals surface area contributed by atoms with Gasteiger partial charge in [-0.05, 0) is 18.2 Å². The van der Waals surface area contributed by atoms with Gasteiger partial charge in [0.15, 0.2) is 16.6 Å². The van der Waals surface area contributed by atoms with Gasteiger partial charge in [-0.1, -0.05) is 29.5 Å². The predicted octanol–water partition coefficient (Wildman–Crippen LogP) is 3.79. The van der Waals surface area contributed by atoms with Crippen LogP contribution in [-0.2, 0) is 4.79 Å². The van der Waals surface area contributed by atoms with Gasteiger partial charge in [0.05, 0.1) is 19.1 Å². The quantitative estimate of drug-likeness (QED) is 0.471. The normalized spacial score (nSPS) is 15.4. The molecule has 150 valence electrons. The number of carbonyl (C=O) groups is 1. The molecule has 2 aromatic carbocycles. The Kier molecular flexibility index (Phi) is 4.89. The number of phenolic OH excluding ortho intramolecular Hbond substituents is 2. The SMILES string of the molecule is COc1cc(C2CC(=O)Nc3nc(Nc4ccccc4)sc32)c(OC)c(O)c1O. The average molecular weight is 413 g/mol. The Labute approximate surface area is 170 Å². The molecule has 0 saturated heterocycles. The van der Waals surface area contributed by atoms with Crippen molar-refractivity contribution in [3.05, 3.63) is 46.8 Å². The summed E-state index contributed by atoms with van der Waals surface area (Å²) in [5.41, 5.74) is 1.41. The van der Waals surface area contributed by atoms with Crippen molar-refractivity contribution < 1.29 is 24.5 Å². The summed E-state index contributed by atoms with van der Waals surface area (Å²) >= 11 is 1.40. The number of carbonyl (C=O) groups excluding carboxylic acids is 1. The lowest BCUT2D eigenvalue weighted by Crippen LogP contribution is -2.23. The van der Waals surface area contributed by atoms with E-state index in [1.165, 1.54) is 25.6 Å². The molecular weight excluding hydrogens is 394 g/mol. The third-order valence-corrected chi connectivity index (χ3v) is 5.75. The lowest BCUT2D eigenvalue weighted by atomic mass is 9.90. The predicted molar refractivity (Wildman–Crippen MR) is 110 cm³/mol. The Hall–Kier alpha value is -3.46. The summed E-state index contributed by atoms with van der Waals surface area (Å²) in [6, 6.07) is 11.2. The molecule has 1 atom stereocenters. The molecule has 9 heteroatoms. The van der Waals surface area contributed by atoms with E-state index in [0.717, 1.165) is 10.6 Å². The number of methoxy groups -OCH3 is 2. The summed E-state index contributed by atoms with van der Waals surface area (Å²) < 4.78 is 10.5. The Morgan fingerprint density at radius 1 is 1.17 bits per heavy atom. The Balaban J connectivity index is 1.79. The number of nitrogens with one attached hydrogen (secondary N) is 2. The second-order valence-corrected chi connectivity index (χ2v) is 7.46. The first-order valence-electron chi connectivity index (χ1n) is 8.81. The zero-order valence-electron chi connectivity index (χ0n) is 15.7. The maximum atomic E-state index is 12.3. The number of hydrogen-bond donors (Lipinski definition) is 4. The van der Waals surface area contributed by atoms with Crippen LogP contribution in [0.25, 0.3) is 0 Å². The molecule has 1 aliphatic rings. The van der Waals surface area contributed by atoms with Gasteiger partial charge in [-0.3, -0.25) is 4.79 Å². The maximum absolute atomic E-state index is 12.3. The standard InChI is InChI=1S/C20H19N3O5S/c1-27-13-8-11(17(28-2)16(26)15(13)25)12-9-14(24)22-19-18(12)29-20(23-19)21-10-6-4-3-5-7-10/h3-8,12,25-26H,9H2,1-2H3,(H,21,23)(H,22,24). The number of thiazole rings is 1. The van der Waals surface area contributed by atoms with Gasteiger partial charge in [0, 0.05) is 23.6 Å². The van der Waals surface area contributed by atoms with E-state index in [0.29, 0.717) is 16.5 Å². The first kappa shape index (κ1) is 18.9. The van der Waals surface area contributed by atoms with Crippen molar-refractivity contribution in [2.24, 2.45) is 0 Å². The van der Waals surface area contributed by atoms with Crippen LogP contribution in [-0.4, -0.2) is 35.3 Å². The highest BCUT2D eigenvalue weighted by molar-refractivity contribution is 7.16. The number of benzene rings is 2. The van der Waals surface area contributed by atoms with Crippen molar-refractivity contribution in [1.82, 2.24) is 4.98 Å². The second-order valence-electron chi connectivity index (χ2n) is 6.43. The van der Waals surface area contributed by atoms with Crippen LogP contribution in [0, 0.1) is 0 Å². The largest absolute Gasteiger partial charge is 0.502 e. The fourth-order valence-corrected chi connectivity index (χ4v) is 4.39. The molecule has 1 unspecified atom stereocenters. The molecule has 4 rings (SSSR count). The third kappa shape index (κ3) is 3.40. The molecule has 3 aromatic rings. The zero-order valence-corrected chi connectivity index (χ0v) is 16.5. The molecule has 1 aliphatic heterocycles. The molecule has 0 aliphatic carbocycles. The number of para-hydroxylation sites is 1. The van der Waals surface area contributed by atoms with Gasteiger partial charge in [0.1, 0.15) is 5.82 Å². The maximum Gasteiger partial charge on any atom is 0.226 e. The van der Waals surface area contributed by atoms with Gasteiger partial charge < -0.3 is 30.3 Å². The van der Waals surface area contributed by atoms with E-state index in [-0.39, 0.29) is 23.8 Å². The first-order chi connectivity index (χ1) is 14.0. The van der Waals surface area contributed by atoms with Crippen LogP contribution in [0.15, 0.2) is 36.4 Å². The van der Waals surface area contributed by atoms with Crippen LogP contribution < -0.4 is 20.1 Å². The summed E-state index contributed by atoms with van der Waals surface area (Å²) in [7, 11) is 2.78. The molecule has 4 N–H and O–H groups in total. The van der Waals surface area contributed by atoms with Crippen LogP contribution in [0.1, 0.15) is 22.8 Å². The molecule has 2 heterocycles. The molecule has 0 radical (unpaired) electrons. The number of ether oxygens (including phenoxy) is 2. The van der Waals surface area contributed by atoms with Gasteiger partial charge in [-0.15, -0.1) is 0 Å². The van der Waals surface area contributed by atoms with E-state index in [4.69, 9.17) is 9.47 Å². The van der Waals surface area contributed by atoms with Crippen LogP contribution >= 0.6 is 11.3 Å². The fraction of sp³-hybridized carbons (Fsp3) is 0.200. The Morgan fingerprint density at radius 2 is 1.93 bits per heavy atom. The first-order valence-corrected chi connectivity index (χ1v) is 9.63. The number of rotatable bonds is 5. The van der Waals surface area contributed by atoms with Crippen molar-refractivity contribution in [2.75, 3.05) is 24.9 Å².